The molecule has 2 N–H and O–H groups in total. The maximum absolute atomic E-state index is 5.89. The van der Waals surface area contributed by atoms with Crippen LogP contribution in [-0.2, 0) is 0 Å². The van der Waals surface area contributed by atoms with Crippen LogP contribution in [0.25, 0.3) is 0 Å². The average molecular weight is 524 g/mol. The smallest absolute Gasteiger partial charge is 0.00773 e. The summed E-state index contributed by atoms with van der Waals surface area (Å²) >= 11 is 0. The van der Waals surface area contributed by atoms with Crippen molar-refractivity contribution in [3.63, 3.8) is 0 Å². The molecule has 3 rings (SSSR count). The minimum absolute atomic E-state index is 0.735. The summed E-state index contributed by atoms with van der Waals surface area (Å²) in [5, 5.41) is 0. The van der Waals surface area contributed by atoms with Gasteiger partial charge in [0.1, 0.15) is 0 Å². The van der Waals surface area contributed by atoms with Crippen molar-refractivity contribution in [2.45, 2.75) is 143 Å². The van der Waals surface area contributed by atoms with Crippen LogP contribution in [0, 0.1) is 47.3 Å². The molecule has 0 aromatic carbocycles. The van der Waals surface area contributed by atoms with Gasteiger partial charge in [-0.3, -0.25) is 0 Å². The molecule has 3 unspecified atom stereocenters. The van der Waals surface area contributed by atoms with Crippen molar-refractivity contribution < 1.29 is 0 Å². The molecule has 0 heterocycles. The van der Waals surface area contributed by atoms with E-state index in [1.54, 1.807) is 0 Å². The summed E-state index contributed by atoms with van der Waals surface area (Å²) in [4.78, 5) is 0. The molecule has 218 valence electrons. The van der Waals surface area contributed by atoms with E-state index in [2.05, 4.69) is 51.7 Å². The highest BCUT2D eigenvalue weighted by molar-refractivity contribution is 5.17. The highest BCUT2D eigenvalue weighted by Gasteiger charge is 2.29. The molecule has 3 aliphatic carbocycles. The Labute approximate surface area is 238 Å². The summed E-state index contributed by atoms with van der Waals surface area (Å²) in [6.07, 6.45) is 36.3. The molecule has 0 saturated heterocycles. The number of allylic oxidation sites excluding steroid dienone is 5. The molecular formula is C37H65N. The van der Waals surface area contributed by atoms with Crippen LogP contribution in [0.15, 0.2) is 36.5 Å². The zero-order valence-electron chi connectivity index (χ0n) is 25.9. The van der Waals surface area contributed by atoms with E-state index in [0.29, 0.717) is 0 Å². The van der Waals surface area contributed by atoms with Crippen LogP contribution in [0.2, 0.25) is 0 Å². The van der Waals surface area contributed by atoms with Crippen molar-refractivity contribution in [3.05, 3.63) is 36.5 Å². The molecule has 1 nitrogen and oxygen atoms in total. The van der Waals surface area contributed by atoms with Crippen LogP contribution in [-0.4, -0.2) is 6.54 Å². The predicted octanol–water partition coefficient (Wildman–Crippen LogP) is 11.1. The number of nitrogens with two attached hydrogens (primary N) is 1. The van der Waals surface area contributed by atoms with Gasteiger partial charge < -0.3 is 5.73 Å². The van der Waals surface area contributed by atoms with Crippen LogP contribution in [0.1, 0.15) is 143 Å². The van der Waals surface area contributed by atoms with Crippen molar-refractivity contribution in [1.29, 1.82) is 0 Å². The highest BCUT2D eigenvalue weighted by Crippen LogP contribution is 2.41. The first-order valence-corrected chi connectivity index (χ1v) is 17.2. The van der Waals surface area contributed by atoms with Crippen molar-refractivity contribution >= 4 is 0 Å². The first-order chi connectivity index (χ1) is 18.5. The summed E-state index contributed by atoms with van der Waals surface area (Å²) in [5.74, 6) is 7.02. The third-order valence-electron chi connectivity index (χ3n) is 11.1. The molecule has 0 aromatic heterocycles. The number of hydrogen-bond acceptors (Lipinski definition) is 1. The largest absolute Gasteiger partial charge is 0.330 e. The topological polar surface area (TPSA) is 26.0 Å². The van der Waals surface area contributed by atoms with Gasteiger partial charge in [0.25, 0.3) is 0 Å². The number of rotatable bonds is 16. The SMILES string of the molecule is C=C/C(=C\CC(C)C1CCCCC1)C[C@@H](C)[C@H](CCCCN)CC(C)CC1CCC(C2C=CCCC2)CC1. The Hall–Kier alpha value is -0.820. The van der Waals surface area contributed by atoms with Crippen molar-refractivity contribution in [3.8, 4) is 0 Å². The van der Waals surface area contributed by atoms with Gasteiger partial charge in [-0.15, -0.1) is 0 Å². The minimum atomic E-state index is 0.735. The van der Waals surface area contributed by atoms with Gasteiger partial charge in [-0.1, -0.05) is 115 Å². The van der Waals surface area contributed by atoms with Gasteiger partial charge in [-0.25, -0.2) is 0 Å². The Morgan fingerprint density at radius 2 is 1.71 bits per heavy atom. The Morgan fingerprint density at radius 3 is 2.37 bits per heavy atom. The molecule has 38 heavy (non-hydrogen) atoms. The van der Waals surface area contributed by atoms with Crippen molar-refractivity contribution in [1.82, 2.24) is 0 Å². The highest BCUT2D eigenvalue weighted by atomic mass is 14.5. The second-order valence-corrected chi connectivity index (χ2v) is 14.2. The maximum Gasteiger partial charge on any atom is -0.00773 e. The molecule has 0 aliphatic heterocycles. The second-order valence-electron chi connectivity index (χ2n) is 14.2. The Kier molecular flexibility index (Phi) is 14.8. The molecular weight excluding hydrogens is 458 g/mol. The van der Waals surface area contributed by atoms with Gasteiger partial charge in [-0.05, 0) is 118 Å². The summed E-state index contributed by atoms with van der Waals surface area (Å²) in [6, 6.07) is 0. The quantitative estimate of drug-likeness (QED) is 0.121. The molecule has 0 aromatic rings. The van der Waals surface area contributed by atoms with Crippen LogP contribution < -0.4 is 5.73 Å². The van der Waals surface area contributed by atoms with E-state index in [4.69, 9.17) is 5.73 Å². The van der Waals surface area contributed by atoms with Crippen LogP contribution >= 0.6 is 0 Å². The zero-order chi connectivity index (χ0) is 27.2. The van der Waals surface area contributed by atoms with E-state index in [9.17, 15) is 0 Å². The fraction of sp³-hybridized carbons (Fsp3) is 0.838. The second kappa shape index (κ2) is 17.8. The third kappa shape index (κ3) is 11.0. The Morgan fingerprint density at radius 1 is 0.947 bits per heavy atom. The van der Waals surface area contributed by atoms with Gasteiger partial charge in [0.15, 0.2) is 0 Å². The predicted molar refractivity (Wildman–Crippen MR) is 169 cm³/mol. The Bertz CT molecular complexity index is 689. The first-order valence-electron chi connectivity index (χ1n) is 17.2. The van der Waals surface area contributed by atoms with E-state index in [1.807, 2.05) is 0 Å². The monoisotopic (exact) mass is 524 g/mol. The zero-order valence-corrected chi connectivity index (χ0v) is 25.9. The van der Waals surface area contributed by atoms with E-state index in [1.165, 1.54) is 128 Å². The standard InChI is InChI=1S/C37H65N/c1-5-32(20-19-30(3)34-14-8-6-9-15-34)28-31(4)37(18-12-13-25-38)27-29(2)26-33-21-23-36(24-22-33)35-16-10-7-11-17-35/h5,10,16,20,29-31,33-37H,1,6-9,11-15,17-19,21-28,38H2,2-4H3/b32-20+/t29?,30?,31-,33?,35?,36?,37-/m1/s1. The minimum Gasteiger partial charge on any atom is -0.330 e. The van der Waals surface area contributed by atoms with Crippen LogP contribution in [0.5, 0.6) is 0 Å². The third-order valence-corrected chi connectivity index (χ3v) is 11.1. The van der Waals surface area contributed by atoms with Gasteiger partial charge >= 0.3 is 0 Å². The van der Waals surface area contributed by atoms with Gasteiger partial charge in [-0.2, -0.15) is 0 Å². The van der Waals surface area contributed by atoms with E-state index in [0.717, 1.165) is 53.9 Å². The van der Waals surface area contributed by atoms with Gasteiger partial charge in [0.05, 0.1) is 0 Å². The molecule has 5 atom stereocenters. The number of unbranched alkanes of at least 4 members (excludes halogenated alkanes) is 1. The molecule has 1 heteroatoms. The molecule has 3 aliphatic rings. The normalized spacial score (nSPS) is 28.5. The molecule has 0 radical (unpaired) electrons. The van der Waals surface area contributed by atoms with Crippen LogP contribution in [0.4, 0.5) is 0 Å². The summed E-state index contributed by atoms with van der Waals surface area (Å²) in [6.45, 7) is 12.7. The van der Waals surface area contributed by atoms with E-state index in [-0.39, 0.29) is 0 Å². The summed E-state index contributed by atoms with van der Waals surface area (Å²) in [7, 11) is 0. The Balaban J connectivity index is 1.47. The fourth-order valence-corrected chi connectivity index (χ4v) is 8.47. The molecule has 0 bridgehead atoms. The molecule has 2 fully saturated rings. The average Bonchev–Trinajstić information content (AvgIpc) is 2.95. The van der Waals surface area contributed by atoms with Crippen molar-refractivity contribution in [2.75, 3.05) is 6.54 Å². The lowest BCUT2D eigenvalue weighted by atomic mass is 9.70. The van der Waals surface area contributed by atoms with E-state index >= 15 is 0 Å². The first kappa shape index (κ1) is 31.7. The lowest BCUT2D eigenvalue weighted by Gasteiger charge is -2.35. The number of hydrogen-bond donors (Lipinski definition) is 1. The van der Waals surface area contributed by atoms with Crippen LogP contribution in [0.3, 0.4) is 0 Å². The van der Waals surface area contributed by atoms with Gasteiger partial charge in [0.2, 0.25) is 0 Å². The fourth-order valence-electron chi connectivity index (χ4n) is 8.47. The molecule has 2 saturated carbocycles. The van der Waals surface area contributed by atoms with E-state index < -0.39 is 0 Å². The molecule has 0 amide bonds. The van der Waals surface area contributed by atoms with Crippen molar-refractivity contribution in [2.24, 2.45) is 53.1 Å². The lowest BCUT2D eigenvalue weighted by molar-refractivity contribution is 0.181. The van der Waals surface area contributed by atoms with Gasteiger partial charge in [0, 0.05) is 0 Å². The summed E-state index contributed by atoms with van der Waals surface area (Å²) in [5.41, 5.74) is 7.39. The summed E-state index contributed by atoms with van der Waals surface area (Å²) < 4.78 is 0. The molecule has 0 spiro atoms. The maximum atomic E-state index is 5.89. The lowest BCUT2D eigenvalue weighted by Crippen LogP contribution is -2.23.